The van der Waals surface area contributed by atoms with Crippen molar-refractivity contribution in [1.82, 2.24) is 4.90 Å². The number of carbonyl (C=O) groups is 1. The van der Waals surface area contributed by atoms with Gasteiger partial charge >= 0.3 is 5.97 Å². The van der Waals surface area contributed by atoms with Crippen LogP contribution in [0.3, 0.4) is 0 Å². The second-order valence-electron chi connectivity index (χ2n) is 4.93. The predicted octanol–water partition coefficient (Wildman–Crippen LogP) is 3.22. The van der Waals surface area contributed by atoms with Crippen LogP contribution >= 0.6 is 0 Å². The third-order valence-corrected chi connectivity index (χ3v) is 3.39. The van der Waals surface area contributed by atoms with Crippen LogP contribution in [-0.2, 0) is 16.1 Å². The SMILES string of the molecule is CCCN(CC(=O)OC)Cc1cccc2ccccc12. The van der Waals surface area contributed by atoms with E-state index >= 15 is 0 Å². The van der Waals surface area contributed by atoms with Crippen molar-refractivity contribution in [2.24, 2.45) is 0 Å². The molecule has 0 aromatic heterocycles. The third-order valence-electron chi connectivity index (χ3n) is 3.39. The van der Waals surface area contributed by atoms with Crippen molar-refractivity contribution in [3.8, 4) is 0 Å². The van der Waals surface area contributed by atoms with Crippen LogP contribution in [0.1, 0.15) is 18.9 Å². The highest BCUT2D eigenvalue weighted by atomic mass is 16.5. The molecule has 3 heteroatoms. The molecule has 0 heterocycles. The Morgan fingerprint density at radius 3 is 2.65 bits per heavy atom. The van der Waals surface area contributed by atoms with E-state index in [1.54, 1.807) is 0 Å². The van der Waals surface area contributed by atoms with Crippen LogP contribution in [0.5, 0.6) is 0 Å². The van der Waals surface area contributed by atoms with Crippen molar-refractivity contribution in [3.05, 3.63) is 48.0 Å². The van der Waals surface area contributed by atoms with Gasteiger partial charge in [-0.15, -0.1) is 0 Å². The zero-order chi connectivity index (χ0) is 14.4. The third kappa shape index (κ3) is 3.58. The second-order valence-corrected chi connectivity index (χ2v) is 4.93. The average molecular weight is 271 g/mol. The van der Waals surface area contributed by atoms with Gasteiger partial charge in [0.1, 0.15) is 0 Å². The number of hydrogen-bond donors (Lipinski definition) is 0. The van der Waals surface area contributed by atoms with Crippen molar-refractivity contribution >= 4 is 16.7 Å². The monoisotopic (exact) mass is 271 g/mol. The van der Waals surface area contributed by atoms with Crippen molar-refractivity contribution in [2.45, 2.75) is 19.9 Å². The molecule has 0 aliphatic rings. The van der Waals surface area contributed by atoms with Crippen molar-refractivity contribution in [1.29, 1.82) is 0 Å². The van der Waals surface area contributed by atoms with E-state index in [1.807, 2.05) is 6.07 Å². The number of fused-ring (bicyclic) bond motifs is 1. The first-order valence-electron chi connectivity index (χ1n) is 7.00. The van der Waals surface area contributed by atoms with Gasteiger partial charge in [0, 0.05) is 6.54 Å². The van der Waals surface area contributed by atoms with Gasteiger partial charge in [0.05, 0.1) is 13.7 Å². The Labute approximate surface area is 120 Å². The van der Waals surface area contributed by atoms with Gasteiger partial charge in [0.15, 0.2) is 0 Å². The maximum absolute atomic E-state index is 11.5. The Morgan fingerprint density at radius 1 is 1.15 bits per heavy atom. The van der Waals surface area contributed by atoms with Crippen molar-refractivity contribution in [2.75, 3.05) is 20.2 Å². The van der Waals surface area contributed by atoms with Gasteiger partial charge in [0.2, 0.25) is 0 Å². The topological polar surface area (TPSA) is 29.5 Å². The summed E-state index contributed by atoms with van der Waals surface area (Å²) in [5, 5.41) is 2.49. The summed E-state index contributed by atoms with van der Waals surface area (Å²) in [7, 11) is 1.43. The highest BCUT2D eigenvalue weighted by Gasteiger charge is 2.12. The summed E-state index contributed by atoms with van der Waals surface area (Å²) in [5.41, 5.74) is 1.25. The summed E-state index contributed by atoms with van der Waals surface area (Å²) < 4.78 is 4.77. The Morgan fingerprint density at radius 2 is 1.90 bits per heavy atom. The fourth-order valence-corrected chi connectivity index (χ4v) is 2.45. The Balaban J connectivity index is 2.21. The number of benzene rings is 2. The first-order chi connectivity index (χ1) is 9.74. The number of nitrogens with zero attached hydrogens (tertiary/aromatic N) is 1. The molecule has 0 atom stereocenters. The lowest BCUT2D eigenvalue weighted by Gasteiger charge is -2.21. The fraction of sp³-hybridized carbons (Fsp3) is 0.353. The van der Waals surface area contributed by atoms with Gasteiger partial charge in [-0.2, -0.15) is 0 Å². The predicted molar refractivity (Wildman–Crippen MR) is 81.5 cm³/mol. The molecule has 106 valence electrons. The summed E-state index contributed by atoms with van der Waals surface area (Å²) in [6, 6.07) is 14.7. The highest BCUT2D eigenvalue weighted by molar-refractivity contribution is 5.85. The lowest BCUT2D eigenvalue weighted by atomic mass is 10.0. The lowest BCUT2D eigenvalue weighted by Crippen LogP contribution is -2.30. The van der Waals surface area contributed by atoms with Crippen LogP contribution in [0.2, 0.25) is 0 Å². The van der Waals surface area contributed by atoms with E-state index in [0.29, 0.717) is 6.54 Å². The normalized spacial score (nSPS) is 10.9. The molecule has 0 N–H and O–H groups in total. The molecule has 0 bridgehead atoms. The average Bonchev–Trinajstić information content (AvgIpc) is 2.47. The smallest absolute Gasteiger partial charge is 0.319 e. The van der Waals surface area contributed by atoms with Crippen LogP contribution in [0.4, 0.5) is 0 Å². The van der Waals surface area contributed by atoms with E-state index in [9.17, 15) is 4.79 Å². The van der Waals surface area contributed by atoms with Crippen LogP contribution in [0.15, 0.2) is 42.5 Å². The number of carbonyl (C=O) groups excluding carboxylic acids is 1. The fourth-order valence-electron chi connectivity index (χ4n) is 2.45. The molecule has 2 aromatic rings. The largest absolute Gasteiger partial charge is 0.468 e. The summed E-state index contributed by atoms with van der Waals surface area (Å²) >= 11 is 0. The van der Waals surface area contributed by atoms with E-state index in [-0.39, 0.29) is 5.97 Å². The zero-order valence-corrected chi connectivity index (χ0v) is 12.1. The molecule has 0 aliphatic carbocycles. The number of ether oxygens (including phenoxy) is 1. The summed E-state index contributed by atoms with van der Waals surface area (Å²) in [6.07, 6.45) is 1.02. The van der Waals surface area contributed by atoms with Crippen LogP contribution < -0.4 is 0 Å². The number of esters is 1. The van der Waals surface area contributed by atoms with E-state index in [4.69, 9.17) is 4.74 Å². The zero-order valence-electron chi connectivity index (χ0n) is 12.1. The molecule has 0 radical (unpaired) electrons. The van der Waals surface area contributed by atoms with Crippen LogP contribution in [-0.4, -0.2) is 31.1 Å². The minimum atomic E-state index is -0.182. The highest BCUT2D eigenvalue weighted by Crippen LogP contribution is 2.20. The van der Waals surface area contributed by atoms with E-state index < -0.39 is 0 Å². The summed E-state index contributed by atoms with van der Waals surface area (Å²) in [5.74, 6) is -0.182. The number of hydrogen-bond acceptors (Lipinski definition) is 3. The van der Waals surface area contributed by atoms with Crippen LogP contribution in [0.25, 0.3) is 10.8 Å². The van der Waals surface area contributed by atoms with Crippen molar-refractivity contribution < 1.29 is 9.53 Å². The standard InChI is InChI=1S/C17H21NO2/c1-3-11-18(13-17(19)20-2)12-15-9-6-8-14-7-4-5-10-16(14)15/h4-10H,3,11-13H2,1-2H3. The molecule has 0 unspecified atom stereocenters. The first kappa shape index (κ1) is 14.5. The summed E-state index contributed by atoms with van der Waals surface area (Å²) in [4.78, 5) is 13.6. The molecule has 0 amide bonds. The molecule has 0 saturated heterocycles. The van der Waals surface area contributed by atoms with Gasteiger partial charge in [-0.25, -0.2) is 0 Å². The molecule has 3 nitrogen and oxygen atoms in total. The molecule has 0 spiro atoms. The molecule has 20 heavy (non-hydrogen) atoms. The lowest BCUT2D eigenvalue weighted by molar-refractivity contribution is -0.142. The number of methoxy groups -OCH3 is 1. The molecule has 2 rings (SSSR count). The first-order valence-corrected chi connectivity index (χ1v) is 7.00. The molecule has 0 fully saturated rings. The molecular weight excluding hydrogens is 250 g/mol. The van der Waals surface area contributed by atoms with E-state index in [1.165, 1.54) is 23.4 Å². The van der Waals surface area contributed by atoms with Gasteiger partial charge in [-0.05, 0) is 29.3 Å². The summed E-state index contributed by atoms with van der Waals surface area (Å²) in [6.45, 7) is 4.11. The Bertz CT molecular complexity index is 575. The quantitative estimate of drug-likeness (QED) is 0.755. The van der Waals surface area contributed by atoms with Gasteiger partial charge in [0.25, 0.3) is 0 Å². The van der Waals surface area contributed by atoms with Crippen molar-refractivity contribution in [3.63, 3.8) is 0 Å². The molecule has 2 aromatic carbocycles. The molecule has 0 aliphatic heterocycles. The van der Waals surface area contributed by atoms with Gasteiger partial charge in [-0.3, -0.25) is 9.69 Å². The maximum Gasteiger partial charge on any atom is 0.319 e. The minimum Gasteiger partial charge on any atom is -0.468 e. The second kappa shape index (κ2) is 7.06. The van der Waals surface area contributed by atoms with E-state index in [0.717, 1.165) is 19.5 Å². The van der Waals surface area contributed by atoms with Crippen LogP contribution in [0, 0.1) is 0 Å². The Hall–Kier alpha value is -1.87. The molecule has 0 saturated carbocycles. The van der Waals surface area contributed by atoms with E-state index in [2.05, 4.69) is 48.2 Å². The van der Waals surface area contributed by atoms with Gasteiger partial charge in [-0.1, -0.05) is 49.4 Å². The van der Waals surface area contributed by atoms with Gasteiger partial charge < -0.3 is 4.74 Å². The number of rotatable bonds is 6. The minimum absolute atomic E-state index is 0.182. The maximum atomic E-state index is 11.5. The molecular formula is C17H21NO2. The Kier molecular flexibility index (Phi) is 5.13.